The average molecular weight is 833 g/mol. The molecule has 0 aliphatic heterocycles. The summed E-state index contributed by atoms with van der Waals surface area (Å²) in [6.45, 7) is 4.70. The average Bonchev–Trinajstić information content (AvgIpc) is 3.61. The fraction of sp³-hybridized carbons (Fsp3) is 0.0476. The van der Waals surface area contributed by atoms with Crippen LogP contribution in [0.2, 0.25) is 0 Å². The van der Waals surface area contributed by atoms with E-state index in [-0.39, 0.29) is 5.41 Å². The van der Waals surface area contributed by atoms with Crippen LogP contribution in [0.5, 0.6) is 0 Å². The van der Waals surface area contributed by atoms with Crippen molar-refractivity contribution in [2.45, 2.75) is 19.3 Å². The smallest absolute Gasteiger partial charge is 0.0540 e. The summed E-state index contributed by atoms with van der Waals surface area (Å²) in [6.07, 6.45) is 0. The molecule has 0 bridgehead atoms. The number of fused-ring (bicyclic) bond motifs is 3. The monoisotopic (exact) mass is 832 g/mol. The Kier molecular flexibility index (Phi) is 10.3. The minimum absolute atomic E-state index is 0.0988. The lowest BCUT2D eigenvalue weighted by Crippen LogP contribution is -2.16. The lowest BCUT2D eigenvalue weighted by atomic mass is 9.82. The van der Waals surface area contributed by atoms with Gasteiger partial charge in [0.05, 0.1) is 5.69 Å². The summed E-state index contributed by atoms with van der Waals surface area (Å²) in [5.74, 6) is 0. The van der Waals surface area contributed by atoms with Crippen LogP contribution in [-0.2, 0) is 5.41 Å². The molecule has 0 N–H and O–H groups in total. The summed E-state index contributed by atoms with van der Waals surface area (Å²) >= 11 is 0. The molecular formula is C63H48N2. The Bertz CT molecular complexity index is 3140. The zero-order valence-corrected chi connectivity index (χ0v) is 36.6. The second-order valence-electron chi connectivity index (χ2n) is 17.4. The van der Waals surface area contributed by atoms with Crippen LogP contribution >= 0.6 is 0 Å². The predicted molar refractivity (Wildman–Crippen MR) is 275 cm³/mol. The Morgan fingerprint density at radius 3 is 1.12 bits per heavy atom. The molecule has 0 amide bonds. The molecule has 10 aromatic rings. The van der Waals surface area contributed by atoms with Crippen molar-refractivity contribution in [1.82, 2.24) is 0 Å². The van der Waals surface area contributed by atoms with Gasteiger partial charge in [-0.25, -0.2) is 0 Å². The van der Waals surface area contributed by atoms with Crippen molar-refractivity contribution in [2.24, 2.45) is 0 Å². The van der Waals surface area contributed by atoms with E-state index in [1.165, 1.54) is 66.8 Å². The first-order valence-corrected chi connectivity index (χ1v) is 22.5. The molecule has 1 aliphatic rings. The molecule has 310 valence electrons. The fourth-order valence-corrected chi connectivity index (χ4v) is 9.71. The van der Waals surface area contributed by atoms with Crippen LogP contribution in [0.15, 0.2) is 255 Å². The number of para-hydroxylation sites is 2. The SMILES string of the molecule is CC1(C)c2ccccc2-c2ccc(N(c3ccccc3)c3ccccc3-c3ccc(-c4ccc(N(c5ccc(-c6ccccc6)cc5)c5ccc(-c6ccccc6)cc5)cc4)cc3)cc21. The van der Waals surface area contributed by atoms with Gasteiger partial charge in [-0.3, -0.25) is 0 Å². The van der Waals surface area contributed by atoms with Gasteiger partial charge in [0.15, 0.2) is 0 Å². The maximum Gasteiger partial charge on any atom is 0.0540 e. The largest absolute Gasteiger partial charge is 0.311 e. The van der Waals surface area contributed by atoms with E-state index in [9.17, 15) is 0 Å². The summed E-state index contributed by atoms with van der Waals surface area (Å²) in [5.41, 5.74) is 21.5. The lowest BCUT2D eigenvalue weighted by molar-refractivity contribution is 0.660. The van der Waals surface area contributed by atoms with Crippen molar-refractivity contribution < 1.29 is 0 Å². The first-order valence-electron chi connectivity index (χ1n) is 22.5. The van der Waals surface area contributed by atoms with Crippen LogP contribution in [0.1, 0.15) is 25.0 Å². The molecule has 0 aromatic heterocycles. The Morgan fingerprint density at radius 1 is 0.246 bits per heavy atom. The lowest BCUT2D eigenvalue weighted by Gasteiger charge is -2.29. The highest BCUT2D eigenvalue weighted by Crippen LogP contribution is 2.51. The van der Waals surface area contributed by atoms with Crippen molar-refractivity contribution in [3.8, 4) is 55.6 Å². The molecule has 65 heavy (non-hydrogen) atoms. The highest BCUT2D eigenvalue weighted by atomic mass is 15.1. The molecule has 0 atom stereocenters. The third kappa shape index (κ3) is 7.49. The Balaban J connectivity index is 0.914. The first kappa shape index (κ1) is 39.6. The van der Waals surface area contributed by atoms with Crippen molar-refractivity contribution in [1.29, 1.82) is 0 Å². The van der Waals surface area contributed by atoms with E-state index in [0.29, 0.717) is 0 Å². The van der Waals surface area contributed by atoms with Crippen molar-refractivity contribution in [2.75, 3.05) is 9.80 Å². The molecule has 0 unspecified atom stereocenters. The molecule has 2 heteroatoms. The van der Waals surface area contributed by atoms with Gasteiger partial charge < -0.3 is 9.80 Å². The van der Waals surface area contributed by atoms with Gasteiger partial charge in [-0.15, -0.1) is 0 Å². The molecule has 0 fully saturated rings. The van der Waals surface area contributed by atoms with Crippen LogP contribution in [0.4, 0.5) is 34.1 Å². The van der Waals surface area contributed by atoms with E-state index in [1.807, 2.05) is 0 Å². The fourth-order valence-electron chi connectivity index (χ4n) is 9.71. The molecule has 1 aliphatic carbocycles. The normalized spacial score (nSPS) is 12.3. The van der Waals surface area contributed by atoms with Gasteiger partial charge >= 0.3 is 0 Å². The Hall–Kier alpha value is -8.20. The molecule has 2 nitrogen and oxygen atoms in total. The maximum absolute atomic E-state index is 2.41. The molecule has 0 spiro atoms. The van der Waals surface area contributed by atoms with Crippen molar-refractivity contribution in [3.63, 3.8) is 0 Å². The van der Waals surface area contributed by atoms with Crippen molar-refractivity contribution in [3.05, 3.63) is 266 Å². The van der Waals surface area contributed by atoms with E-state index in [4.69, 9.17) is 0 Å². The number of anilines is 6. The van der Waals surface area contributed by atoms with E-state index in [1.54, 1.807) is 0 Å². The van der Waals surface area contributed by atoms with Crippen LogP contribution in [0.25, 0.3) is 55.6 Å². The van der Waals surface area contributed by atoms with Gasteiger partial charge in [0, 0.05) is 39.4 Å². The summed E-state index contributed by atoms with van der Waals surface area (Å²) in [7, 11) is 0. The van der Waals surface area contributed by atoms with E-state index < -0.39 is 0 Å². The predicted octanol–water partition coefficient (Wildman–Crippen LogP) is 17.6. The van der Waals surface area contributed by atoms with Gasteiger partial charge in [0.1, 0.15) is 0 Å². The maximum atomic E-state index is 2.41. The van der Waals surface area contributed by atoms with E-state index in [0.717, 1.165) is 34.1 Å². The topological polar surface area (TPSA) is 6.48 Å². The van der Waals surface area contributed by atoms with E-state index >= 15 is 0 Å². The number of hydrogen-bond donors (Lipinski definition) is 0. The molecule has 0 radical (unpaired) electrons. The second-order valence-corrected chi connectivity index (χ2v) is 17.4. The molecule has 10 aromatic carbocycles. The first-order chi connectivity index (χ1) is 32.0. The summed E-state index contributed by atoms with van der Waals surface area (Å²) in [5, 5.41) is 0. The molecule has 0 heterocycles. The number of rotatable bonds is 10. The highest BCUT2D eigenvalue weighted by molar-refractivity contribution is 5.91. The summed E-state index contributed by atoms with van der Waals surface area (Å²) < 4.78 is 0. The number of hydrogen-bond acceptors (Lipinski definition) is 2. The van der Waals surface area contributed by atoms with Crippen molar-refractivity contribution >= 4 is 34.1 Å². The standard InChI is InChI=1S/C63H48N2/c1-63(2)60-24-14-12-23-58(60)59-43-42-56(44-61(59)63)65(52-20-10-5-11-21-52)62-25-15-13-22-57(62)51-28-26-47(27-29-51)50-34-40-55(41-35-50)64(53-36-30-48(31-37-53)45-16-6-3-7-17-45)54-38-32-49(33-39-54)46-18-8-4-9-19-46/h3-44H,1-2H3. The third-order valence-electron chi connectivity index (χ3n) is 13.1. The van der Waals surface area contributed by atoms with Crippen LogP contribution in [0, 0.1) is 0 Å². The molecule has 0 saturated carbocycles. The van der Waals surface area contributed by atoms with Gasteiger partial charge in [-0.2, -0.15) is 0 Å². The van der Waals surface area contributed by atoms with Gasteiger partial charge in [0.25, 0.3) is 0 Å². The van der Waals surface area contributed by atoms with Crippen LogP contribution in [-0.4, -0.2) is 0 Å². The Labute approximate surface area is 383 Å². The second kappa shape index (κ2) is 16.8. The third-order valence-corrected chi connectivity index (χ3v) is 13.1. The van der Waals surface area contributed by atoms with Gasteiger partial charge in [-0.05, 0) is 128 Å². The minimum Gasteiger partial charge on any atom is -0.311 e. The quantitative estimate of drug-likeness (QED) is 0.135. The molecular weight excluding hydrogens is 785 g/mol. The zero-order chi connectivity index (χ0) is 43.7. The number of benzene rings is 10. The van der Waals surface area contributed by atoms with Crippen LogP contribution < -0.4 is 9.80 Å². The summed E-state index contributed by atoms with van der Waals surface area (Å²) in [4.78, 5) is 4.75. The Morgan fingerprint density at radius 2 is 0.600 bits per heavy atom. The number of nitrogens with zero attached hydrogens (tertiary/aromatic N) is 2. The molecule has 0 saturated heterocycles. The minimum atomic E-state index is -0.0988. The van der Waals surface area contributed by atoms with Gasteiger partial charge in [0.2, 0.25) is 0 Å². The van der Waals surface area contributed by atoms with Gasteiger partial charge in [-0.1, -0.05) is 202 Å². The zero-order valence-electron chi connectivity index (χ0n) is 36.6. The van der Waals surface area contributed by atoms with E-state index in [2.05, 4.69) is 278 Å². The summed E-state index contributed by atoms with van der Waals surface area (Å²) in [6, 6.07) is 92.3. The van der Waals surface area contributed by atoms with Crippen LogP contribution in [0.3, 0.4) is 0 Å². The molecule has 11 rings (SSSR count). The highest BCUT2D eigenvalue weighted by Gasteiger charge is 2.36.